The van der Waals surface area contributed by atoms with Gasteiger partial charge in [-0.05, 0) is 30.9 Å². The van der Waals surface area contributed by atoms with Crippen molar-refractivity contribution in [2.24, 2.45) is 11.8 Å². The summed E-state index contributed by atoms with van der Waals surface area (Å²) in [6, 6.07) is 17.5. The molecule has 3 aliphatic rings. The SMILES string of the molecule is CNC(=O)[C@H]1[C@H]2C(=O)N([C@H](CO)c3ccccc3)C(C(=O)NCc3ccccc3)C23CC[C@]1(C)S3. The lowest BCUT2D eigenvalue weighted by Crippen LogP contribution is -2.54. The second-order valence-electron chi connectivity index (χ2n) is 9.90. The maximum absolute atomic E-state index is 14.1. The average molecular weight is 494 g/mol. The molecule has 1 spiro atoms. The molecule has 2 unspecified atom stereocenters. The van der Waals surface area contributed by atoms with Crippen LogP contribution < -0.4 is 10.6 Å². The van der Waals surface area contributed by atoms with Crippen molar-refractivity contribution in [1.82, 2.24) is 15.5 Å². The van der Waals surface area contributed by atoms with E-state index in [0.29, 0.717) is 13.0 Å². The summed E-state index contributed by atoms with van der Waals surface area (Å²) in [6.07, 6.45) is 1.43. The number of amides is 3. The van der Waals surface area contributed by atoms with Gasteiger partial charge in [0.2, 0.25) is 17.7 Å². The van der Waals surface area contributed by atoms with E-state index in [4.69, 9.17) is 0 Å². The van der Waals surface area contributed by atoms with Crippen LogP contribution in [0.3, 0.4) is 0 Å². The van der Waals surface area contributed by atoms with Crippen LogP contribution in [0.2, 0.25) is 0 Å². The van der Waals surface area contributed by atoms with Crippen molar-refractivity contribution in [1.29, 1.82) is 0 Å². The third kappa shape index (κ3) is 3.65. The highest BCUT2D eigenvalue weighted by Gasteiger charge is 2.77. The fourth-order valence-electron chi connectivity index (χ4n) is 6.47. The Morgan fingerprint density at radius 3 is 2.37 bits per heavy atom. The zero-order valence-electron chi connectivity index (χ0n) is 19.9. The molecule has 8 heteroatoms. The maximum atomic E-state index is 14.1. The number of thioether (sulfide) groups is 1. The first kappa shape index (κ1) is 23.9. The molecule has 3 N–H and O–H groups in total. The third-order valence-corrected chi connectivity index (χ3v) is 9.98. The van der Waals surface area contributed by atoms with Crippen LogP contribution in [0.25, 0.3) is 0 Å². The van der Waals surface area contributed by atoms with E-state index >= 15 is 0 Å². The molecule has 0 aliphatic carbocycles. The molecule has 2 aromatic carbocycles. The van der Waals surface area contributed by atoms with E-state index in [0.717, 1.165) is 17.5 Å². The van der Waals surface area contributed by atoms with Crippen LogP contribution >= 0.6 is 11.8 Å². The van der Waals surface area contributed by atoms with Crippen LogP contribution in [0.4, 0.5) is 0 Å². The van der Waals surface area contributed by atoms with Crippen molar-refractivity contribution < 1.29 is 19.5 Å². The quantitative estimate of drug-likeness (QED) is 0.550. The number of hydrogen-bond acceptors (Lipinski definition) is 5. The van der Waals surface area contributed by atoms with Crippen molar-refractivity contribution in [2.45, 2.75) is 47.9 Å². The molecule has 3 saturated heterocycles. The number of carbonyl (C=O) groups excluding carboxylic acids is 3. The number of carbonyl (C=O) groups is 3. The molecule has 184 valence electrons. The summed E-state index contributed by atoms with van der Waals surface area (Å²) >= 11 is 1.63. The number of aliphatic hydroxyl groups excluding tert-OH is 1. The predicted octanol–water partition coefficient (Wildman–Crippen LogP) is 2.26. The summed E-state index contributed by atoms with van der Waals surface area (Å²) < 4.78 is -1.13. The molecule has 3 aliphatic heterocycles. The molecule has 3 amide bonds. The minimum Gasteiger partial charge on any atom is -0.394 e. The topological polar surface area (TPSA) is 98.7 Å². The van der Waals surface area contributed by atoms with Crippen LogP contribution in [-0.4, -0.2) is 56.9 Å². The fraction of sp³-hybridized carbons (Fsp3) is 0.444. The number of fused-ring (bicyclic) bond motifs is 1. The van der Waals surface area contributed by atoms with Crippen LogP contribution in [0, 0.1) is 11.8 Å². The summed E-state index contributed by atoms with van der Waals surface area (Å²) in [7, 11) is 1.59. The van der Waals surface area contributed by atoms with Gasteiger partial charge in [-0.3, -0.25) is 14.4 Å². The molecular weight excluding hydrogens is 462 g/mol. The van der Waals surface area contributed by atoms with Crippen molar-refractivity contribution >= 4 is 29.5 Å². The Balaban J connectivity index is 1.57. The van der Waals surface area contributed by atoms with E-state index in [2.05, 4.69) is 10.6 Å². The molecule has 0 radical (unpaired) electrons. The van der Waals surface area contributed by atoms with E-state index in [1.54, 1.807) is 23.7 Å². The summed E-state index contributed by atoms with van der Waals surface area (Å²) in [5.74, 6) is -1.77. The lowest BCUT2D eigenvalue weighted by Gasteiger charge is -2.37. The Hall–Kier alpha value is -2.84. The number of aliphatic hydroxyl groups is 1. The molecule has 0 aromatic heterocycles. The Morgan fingerprint density at radius 2 is 1.74 bits per heavy atom. The monoisotopic (exact) mass is 493 g/mol. The van der Waals surface area contributed by atoms with E-state index in [1.807, 2.05) is 67.6 Å². The van der Waals surface area contributed by atoms with Gasteiger partial charge >= 0.3 is 0 Å². The Bertz CT molecular complexity index is 1130. The van der Waals surface area contributed by atoms with Gasteiger partial charge in [0.1, 0.15) is 6.04 Å². The second kappa shape index (κ2) is 8.99. The van der Waals surface area contributed by atoms with Gasteiger partial charge in [-0.25, -0.2) is 0 Å². The van der Waals surface area contributed by atoms with E-state index in [-0.39, 0.29) is 24.3 Å². The molecule has 35 heavy (non-hydrogen) atoms. The molecule has 5 rings (SSSR count). The molecule has 0 saturated carbocycles. The van der Waals surface area contributed by atoms with E-state index in [9.17, 15) is 19.5 Å². The van der Waals surface area contributed by atoms with Gasteiger partial charge in [0.15, 0.2) is 0 Å². The molecule has 6 atom stereocenters. The Labute approximate surface area is 209 Å². The Morgan fingerprint density at radius 1 is 1.09 bits per heavy atom. The highest BCUT2D eigenvalue weighted by atomic mass is 32.2. The number of benzene rings is 2. The highest BCUT2D eigenvalue weighted by molar-refractivity contribution is 8.02. The average Bonchev–Trinajstić information content (AvgIpc) is 3.45. The minimum absolute atomic E-state index is 0.162. The van der Waals surface area contributed by atoms with Crippen LogP contribution in [0.15, 0.2) is 60.7 Å². The standard InChI is InChI=1S/C27H31N3O4S/c1-26-13-14-27(35-26)21(20(26)23(32)28-2)25(34)30(19(16-31)18-11-7-4-8-12-18)22(27)24(33)29-15-17-9-5-3-6-10-17/h3-12,19-22,31H,13-16H2,1-2H3,(H,28,32)(H,29,33)/t19-,20-,21+,22?,26+,27?/m1/s1. The normalized spacial score (nSPS) is 31.8. The smallest absolute Gasteiger partial charge is 0.244 e. The lowest BCUT2D eigenvalue weighted by molar-refractivity contribution is -0.143. The van der Waals surface area contributed by atoms with Gasteiger partial charge in [-0.15, -0.1) is 11.8 Å². The zero-order chi connectivity index (χ0) is 24.8. The highest BCUT2D eigenvalue weighted by Crippen LogP contribution is 2.71. The molecular formula is C27H31N3O4S. The lowest BCUT2D eigenvalue weighted by atomic mass is 9.66. The molecule has 3 heterocycles. The first-order valence-corrected chi connectivity index (χ1v) is 12.9. The van der Waals surface area contributed by atoms with Crippen LogP contribution in [0.5, 0.6) is 0 Å². The van der Waals surface area contributed by atoms with Gasteiger partial charge < -0.3 is 20.6 Å². The first-order valence-electron chi connectivity index (χ1n) is 12.1. The van der Waals surface area contributed by atoms with Crippen LogP contribution in [-0.2, 0) is 20.9 Å². The van der Waals surface area contributed by atoms with Gasteiger partial charge in [-0.1, -0.05) is 60.7 Å². The number of rotatable bonds is 7. The van der Waals surface area contributed by atoms with Gasteiger partial charge in [-0.2, -0.15) is 0 Å². The van der Waals surface area contributed by atoms with Gasteiger partial charge in [0.25, 0.3) is 0 Å². The second-order valence-corrected chi connectivity index (χ2v) is 11.8. The predicted molar refractivity (Wildman–Crippen MR) is 134 cm³/mol. The number of hydrogen-bond donors (Lipinski definition) is 3. The van der Waals surface area contributed by atoms with Gasteiger partial charge in [0.05, 0.1) is 29.2 Å². The summed E-state index contributed by atoms with van der Waals surface area (Å²) in [6.45, 7) is 2.07. The molecule has 3 fully saturated rings. The fourth-order valence-corrected chi connectivity index (χ4v) is 8.81. The van der Waals surface area contributed by atoms with Crippen molar-refractivity contribution in [3.05, 3.63) is 71.8 Å². The summed E-state index contributed by atoms with van der Waals surface area (Å²) in [4.78, 5) is 42.7. The van der Waals surface area contributed by atoms with Gasteiger partial charge in [0, 0.05) is 18.3 Å². The largest absolute Gasteiger partial charge is 0.394 e. The zero-order valence-corrected chi connectivity index (χ0v) is 20.8. The summed E-state index contributed by atoms with van der Waals surface area (Å²) in [5, 5.41) is 16.3. The molecule has 2 aromatic rings. The van der Waals surface area contributed by atoms with E-state index < -0.39 is 33.4 Å². The number of likely N-dealkylation sites (tertiary alicyclic amines) is 1. The van der Waals surface area contributed by atoms with E-state index in [1.165, 1.54) is 0 Å². The van der Waals surface area contributed by atoms with Crippen molar-refractivity contribution in [2.75, 3.05) is 13.7 Å². The first-order chi connectivity index (χ1) is 16.9. The number of nitrogens with one attached hydrogen (secondary N) is 2. The Kier molecular flexibility index (Phi) is 6.13. The van der Waals surface area contributed by atoms with Crippen LogP contribution in [0.1, 0.15) is 36.9 Å². The maximum Gasteiger partial charge on any atom is 0.244 e. The minimum atomic E-state index is -0.789. The summed E-state index contributed by atoms with van der Waals surface area (Å²) in [5.41, 5.74) is 1.73. The van der Waals surface area contributed by atoms with Crippen molar-refractivity contribution in [3.8, 4) is 0 Å². The third-order valence-electron chi connectivity index (χ3n) is 7.99. The number of nitrogens with zero attached hydrogens (tertiary/aromatic N) is 1. The van der Waals surface area contributed by atoms with Crippen molar-refractivity contribution in [3.63, 3.8) is 0 Å². The molecule has 2 bridgehead atoms. The molecule has 7 nitrogen and oxygen atoms in total.